The first kappa shape index (κ1) is 19.8. The van der Waals surface area contributed by atoms with Gasteiger partial charge in [-0.2, -0.15) is 0 Å². The summed E-state index contributed by atoms with van der Waals surface area (Å²) >= 11 is 0. The van der Waals surface area contributed by atoms with Gasteiger partial charge in [0.25, 0.3) is 0 Å². The summed E-state index contributed by atoms with van der Waals surface area (Å²) in [6.45, 7) is 1.99. The number of rotatable bonds is 8. The highest BCUT2D eigenvalue weighted by molar-refractivity contribution is 7.89. The number of aromatic nitrogens is 5. The third-order valence-electron chi connectivity index (χ3n) is 4.35. The van der Waals surface area contributed by atoms with Gasteiger partial charge in [-0.25, -0.2) is 22.8 Å². The molecule has 0 radical (unpaired) electrons. The predicted octanol–water partition coefficient (Wildman–Crippen LogP) is 1.37. The Hall–Kier alpha value is -3.51. The molecule has 3 heterocycles. The van der Waals surface area contributed by atoms with Crippen LogP contribution in [0.3, 0.4) is 0 Å². The van der Waals surface area contributed by atoms with Crippen molar-refractivity contribution in [2.75, 3.05) is 24.6 Å². The highest BCUT2D eigenvalue weighted by Gasteiger charge is 2.20. The molecule has 0 unspecified atom stereocenters. The molecule has 11 nitrogen and oxygen atoms in total. The van der Waals surface area contributed by atoms with Crippen molar-refractivity contribution >= 4 is 26.9 Å². The number of hydrogen-bond acceptors (Lipinski definition) is 9. The molecule has 30 heavy (non-hydrogen) atoms. The summed E-state index contributed by atoms with van der Waals surface area (Å²) in [6, 6.07) is 9.09. The van der Waals surface area contributed by atoms with Crippen LogP contribution in [0.2, 0.25) is 0 Å². The first-order chi connectivity index (χ1) is 14.5. The zero-order valence-electron chi connectivity index (χ0n) is 16.0. The maximum atomic E-state index is 11.4. The van der Waals surface area contributed by atoms with Crippen molar-refractivity contribution in [1.82, 2.24) is 29.6 Å². The summed E-state index contributed by atoms with van der Waals surface area (Å²) in [5, 5.41) is 7.50. The number of nitrogens with two attached hydrogens (primary N) is 1. The topological polar surface area (TPSA) is 151 Å². The normalized spacial score (nSPS) is 11.8. The van der Waals surface area contributed by atoms with Crippen molar-refractivity contribution in [2.24, 2.45) is 0 Å². The first-order valence-electron chi connectivity index (χ1n) is 9.10. The number of sulfonamides is 1. The number of fused-ring (bicyclic) bond motifs is 1. The maximum absolute atomic E-state index is 11.4. The zero-order chi connectivity index (χ0) is 21.1. The number of nitrogens with zero attached hydrogens (tertiary/aromatic N) is 5. The van der Waals surface area contributed by atoms with E-state index in [1.54, 1.807) is 31.5 Å². The van der Waals surface area contributed by atoms with Crippen LogP contribution >= 0.6 is 0 Å². The van der Waals surface area contributed by atoms with E-state index in [0.29, 0.717) is 22.8 Å². The monoisotopic (exact) mass is 429 g/mol. The van der Waals surface area contributed by atoms with Crippen LogP contribution in [0.15, 0.2) is 47.4 Å². The van der Waals surface area contributed by atoms with Crippen molar-refractivity contribution in [3.8, 4) is 23.0 Å². The van der Waals surface area contributed by atoms with Gasteiger partial charge in [0.2, 0.25) is 10.0 Å². The van der Waals surface area contributed by atoms with E-state index >= 15 is 0 Å². The lowest BCUT2D eigenvalue weighted by molar-refractivity contribution is 0.310. The third kappa shape index (κ3) is 3.95. The SMILES string of the molecule is CCS(=O)(=O)NCCOc1ccc(-n2c(-c3nonc3N)nc3cnccc32)cc1. The predicted molar refractivity (Wildman–Crippen MR) is 110 cm³/mol. The number of anilines is 1. The number of benzene rings is 1. The van der Waals surface area contributed by atoms with Gasteiger partial charge in [-0.15, -0.1) is 0 Å². The largest absolute Gasteiger partial charge is 0.492 e. The number of imidazole rings is 1. The Kier molecular flexibility index (Phi) is 5.33. The van der Waals surface area contributed by atoms with Crippen LogP contribution in [-0.2, 0) is 10.0 Å². The fraction of sp³-hybridized carbons (Fsp3) is 0.222. The lowest BCUT2D eigenvalue weighted by Crippen LogP contribution is -2.29. The Bertz CT molecular complexity index is 1270. The van der Waals surface area contributed by atoms with Crippen molar-refractivity contribution in [3.63, 3.8) is 0 Å². The molecule has 12 heteroatoms. The maximum Gasteiger partial charge on any atom is 0.211 e. The molecule has 0 amide bonds. The molecular weight excluding hydrogens is 410 g/mol. The van der Waals surface area contributed by atoms with Crippen LogP contribution in [0.25, 0.3) is 28.2 Å². The van der Waals surface area contributed by atoms with Crippen molar-refractivity contribution < 1.29 is 17.8 Å². The van der Waals surface area contributed by atoms with E-state index in [4.69, 9.17) is 15.1 Å². The van der Waals surface area contributed by atoms with Gasteiger partial charge < -0.3 is 10.5 Å². The molecule has 156 valence electrons. The van der Waals surface area contributed by atoms with Crippen molar-refractivity contribution in [2.45, 2.75) is 6.92 Å². The average molecular weight is 429 g/mol. The number of nitrogens with one attached hydrogen (secondary N) is 1. The number of nitrogen functional groups attached to an aromatic ring is 1. The molecule has 3 N–H and O–H groups in total. The molecule has 0 atom stereocenters. The summed E-state index contributed by atoms with van der Waals surface area (Å²) in [4.78, 5) is 8.68. The second-order valence-corrected chi connectivity index (χ2v) is 8.37. The lowest BCUT2D eigenvalue weighted by atomic mass is 10.2. The number of ether oxygens (including phenoxy) is 1. The summed E-state index contributed by atoms with van der Waals surface area (Å²) in [7, 11) is -3.24. The molecule has 3 aromatic heterocycles. The van der Waals surface area contributed by atoms with Gasteiger partial charge in [-0.3, -0.25) is 9.55 Å². The Labute approximate surface area is 171 Å². The number of hydrogen-bond donors (Lipinski definition) is 2. The van der Waals surface area contributed by atoms with Gasteiger partial charge in [0.15, 0.2) is 17.3 Å². The van der Waals surface area contributed by atoms with Crippen LogP contribution in [0.1, 0.15) is 6.92 Å². The fourth-order valence-corrected chi connectivity index (χ4v) is 3.46. The molecule has 0 aliphatic heterocycles. The molecule has 0 aliphatic carbocycles. The zero-order valence-corrected chi connectivity index (χ0v) is 16.8. The highest BCUT2D eigenvalue weighted by Crippen LogP contribution is 2.30. The molecule has 0 saturated heterocycles. The standard InChI is InChI=1S/C18H19N7O4S/c1-2-30(26,27)21-9-10-28-13-5-3-12(4-6-13)25-15-7-8-20-11-14(15)22-18(25)16-17(19)24-29-23-16/h3-8,11,21H,2,9-10H2,1H3,(H2,19,24). The summed E-state index contributed by atoms with van der Waals surface area (Å²) in [5.41, 5.74) is 8.46. The molecule has 0 fully saturated rings. The van der Waals surface area contributed by atoms with Crippen LogP contribution < -0.4 is 15.2 Å². The van der Waals surface area contributed by atoms with Gasteiger partial charge in [-0.05, 0) is 47.6 Å². The minimum absolute atomic E-state index is 0.0317. The van der Waals surface area contributed by atoms with Crippen LogP contribution in [-0.4, -0.2) is 52.2 Å². The molecule has 0 spiro atoms. The van der Waals surface area contributed by atoms with Gasteiger partial charge in [-0.1, -0.05) is 0 Å². The van der Waals surface area contributed by atoms with Crippen LogP contribution in [0, 0.1) is 0 Å². The average Bonchev–Trinajstić information content (AvgIpc) is 3.35. The van der Waals surface area contributed by atoms with E-state index in [-0.39, 0.29) is 24.7 Å². The third-order valence-corrected chi connectivity index (χ3v) is 5.75. The van der Waals surface area contributed by atoms with Gasteiger partial charge in [0.05, 0.1) is 17.5 Å². The minimum atomic E-state index is -3.24. The summed E-state index contributed by atoms with van der Waals surface area (Å²) in [5.74, 6) is 1.24. The molecular formula is C18H19N7O4S. The van der Waals surface area contributed by atoms with Crippen molar-refractivity contribution in [1.29, 1.82) is 0 Å². The molecule has 1 aromatic carbocycles. The molecule has 0 saturated carbocycles. The van der Waals surface area contributed by atoms with E-state index in [9.17, 15) is 8.42 Å². The Morgan fingerprint density at radius 3 is 2.70 bits per heavy atom. The fourth-order valence-electron chi connectivity index (χ4n) is 2.86. The Balaban J connectivity index is 1.59. The highest BCUT2D eigenvalue weighted by atomic mass is 32.2. The second kappa shape index (κ2) is 8.08. The molecule has 4 aromatic rings. The van der Waals surface area contributed by atoms with E-state index in [2.05, 4.69) is 25.0 Å². The van der Waals surface area contributed by atoms with E-state index in [0.717, 1.165) is 11.2 Å². The van der Waals surface area contributed by atoms with Gasteiger partial charge in [0.1, 0.15) is 17.9 Å². The van der Waals surface area contributed by atoms with Crippen LogP contribution in [0.5, 0.6) is 5.75 Å². The van der Waals surface area contributed by atoms with Gasteiger partial charge in [0, 0.05) is 18.4 Å². The Morgan fingerprint density at radius 2 is 2.00 bits per heavy atom. The molecule has 0 aliphatic rings. The van der Waals surface area contributed by atoms with E-state index in [1.807, 2.05) is 22.8 Å². The van der Waals surface area contributed by atoms with Crippen LogP contribution in [0.4, 0.5) is 5.82 Å². The molecule has 0 bridgehead atoms. The second-order valence-electron chi connectivity index (χ2n) is 6.27. The summed E-state index contributed by atoms with van der Waals surface area (Å²) in [6.07, 6.45) is 3.32. The molecule has 4 rings (SSSR count). The van der Waals surface area contributed by atoms with E-state index in [1.165, 1.54) is 0 Å². The number of pyridine rings is 1. The summed E-state index contributed by atoms with van der Waals surface area (Å²) < 4.78 is 37.5. The minimum Gasteiger partial charge on any atom is -0.492 e. The lowest BCUT2D eigenvalue weighted by Gasteiger charge is -2.10. The quantitative estimate of drug-likeness (QED) is 0.396. The van der Waals surface area contributed by atoms with Crippen molar-refractivity contribution in [3.05, 3.63) is 42.7 Å². The smallest absolute Gasteiger partial charge is 0.211 e. The first-order valence-corrected chi connectivity index (χ1v) is 10.7. The van der Waals surface area contributed by atoms with Gasteiger partial charge >= 0.3 is 0 Å². The van der Waals surface area contributed by atoms with E-state index < -0.39 is 10.0 Å². The Morgan fingerprint density at radius 1 is 1.20 bits per heavy atom.